The Hall–Kier alpha value is -2.77. The molecule has 3 rings (SSSR count). The zero-order valence-corrected chi connectivity index (χ0v) is 19.5. The highest BCUT2D eigenvalue weighted by molar-refractivity contribution is 5.79. The highest BCUT2D eigenvalue weighted by Gasteiger charge is 2.11. The Balaban J connectivity index is 1.44. The fourth-order valence-corrected chi connectivity index (χ4v) is 3.64. The van der Waals surface area contributed by atoms with E-state index < -0.39 is 0 Å². The van der Waals surface area contributed by atoms with Crippen LogP contribution in [-0.2, 0) is 17.7 Å². The number of ether oxygens (including phenoxy) is 3. The van der Waals surface area contributed by atoms with E-state index in [-0.39, 0.29) is 0 Å². The first-order chi connectivity index (χ1) is 15.7. The molecular formula is C25H36N4O3. The first kappa shape index (κ1) is 23.9. The summed E-state index contributed by atoms with van der Waals surface area (Å²) < 4.78 is 16.9. The molecule has 7 heteroatoms. The van der Waals surface area contributed by atoms with Gasteiger partial charge in [-0.3, -0.25) is 9.89 Å². The Morgan fingerprint density at radius 1 is 1.09 bits per heavy atom. The monoisotopic (exact) mass is 440 g/mol. The van der Waals surface area contributed by atoms with E-state index >= 15 is 0 Å². The molecule has 2 N–H and O–H groups in total. The smallest absolute Gasteiger partial charge is 0.191 e. The van der Waals surface area contributed by atoms with E-state index in [1.807, 2.05) is 18.2 Å². The average Bonchev–Trinajstić information content (AvgIpc) is 2.83. The normalized spacial score (nSPS) is 14.8. The number of aliphatic imine (C=N–C) groups is 1. The number of nitrogens with zero attached hydrogens (tertiary/aromatic N) is 2. The van der Waals surface area contributed by atoms with Crippen molar-refractivity contribution in [3.05, 3.63) is 59.2 Å². The van der Waals surface area contributed by atoms with Crippen LogP contribution in [0.3, 0.4) is 0 Å². The zero-order valence-electron chi connectivity index (χ0n) is 19.5. The molecule has 32 heavy (non-hydrogen) atoms. The van der Waals surface area contributed by atoms with E-state index in [9.17, 15) is 0 Å². The molecule has 1 heterocycles. The SMILES string of the molecule is CN=C(NCCc1ccc(C)c(OC)c1)NCc1ccccc1OCCN1CCOCC1. The Labute approximate surface area is 191 Å². The minimum absolute atomic E-state index is 0.645. The van der Waals surface area contributed by atoms with Crippen molar-refractivity contribution in [2.75, 3.05) is 60.2 Å². The van der Waals surface area contributed by atoms with Crippen molar-refractivity contribution in [3.8, 4) is 11.5 Å². The van der Waals surface area contributed by atoms with Gasteiger partial charge >= 0.3 is 0 Å². The van der Waals surface area contributed by atoms with E-state index in [1.165, 1.54) is 5.56 Å². The quantitative estimate of drug-likeness (QED) is 0.437. The molecule has 0 aliphatic carbocycles. The van der Waals surface area contributed by atoms with Crippen LogP contribution in [0.5, 0.6) is 11.5 Å². The van der Waals surface area contributed by atoms with Gasteiger partial charge in [0.25, 0.3) is 0 Å². The summed E-state index contributed by atoms with van der Waals surface area (Å²) in [6.45, 7) is 8.64. The summed E-state index contributed by atoms with van der Waals surface area (Å²) in [5.74, 6) is 2.61. The minimum Gasteiger partial charge on any atom is -0.496 e. The van der Waals surface area contributed by atoms with Crippen molar-refractivity contribution in [1.29, 1.82) is 0 Å². The van der Waals surface area contributed by atoms with Gasteiger partial charge in [-0.2, -0.15) is 0 Å². The molecule has 1 aliphatic heterocycles. The van der Waals surface area contributed by atoms with Crippen LogP contribution in [0, 0.1) is 6.92 Å². The number of para-hydroxylation sites is 1. The van der Waals surface area contributed by atoms with Crippen LogP contribution in [0.2, 0.25) is 0 Å². The molecule has 0 radical (unpaired) electrons. The van der Waals surface area contributed by atoms with E-state index in [4.69, 9.17) is 14.2 Å². The Bertz CT molecular complexity index is 866. The second-order valence-electron chi connectivity index (χ2n) is 7.82. The number of guanidine groups is 1. The molecule has 174 valence electrons. The highest BCUT2D eigenvalue weighted by atomic mass is 16.5. The lowest BCUT2D eigenvalue weighted by Crippen LogP contribution is -2.39. The number of hydrogen-bond acceptors (Lipinski definition) is 5. The predicted molar refractivity (Wildman–Crippen MR) is 129 cm³/mol. The van der Waals surface area contributed by atoms with Crippen molar-refractivity contribution in [3.63, 3.8) is 0 Å². The molecule has 2 aromatic carbocycles. The van der Waals surface area contributed by atoms with Gasteiger partial charge in [0.1, 0.15) is 18.1 Å². The van der Waals surface area contributed by atoms with Crippen molar-refractivity contribution in [2.45, 2.75) is 19.9 Å². The van der Waals surface area contributed by atoms with Crippen molar-refractivity contribution < 1.29 is 14.2 Å². The van der Waals surface area contributed by atoms with Crippen LogP contribution in [0.1, 0.15) is 16.7 Å². The van der Waals surface area contributed by atoms with Gasteiger partial charge in [-0.1, -0.05) is 30.3 Å². The third kappa shape index (κ3) is 7.43. The lowest BCUT2D eigenvalue weighted by Gasteiger charge is -2.26. The number of benzene rings is 2. The predicted octanol–water partition coefficient (Wildman–Crippen LogP) is 2.62. The fraction of sp³-hybridized carbons (Fsp3) is 0.480. The first-order valence-electron chi connectivity index (χ1n) is 11.3. The standard InChI is InChI=1S/C25H36N4O3/c1-20-8-9-21(18-24(20)30-3)10-11-27-25(26-2)28-19-22-6-4-5-7-23(22)32-17-14-29-12-15-31-16-13-29/h4-9,18H,10-17,19H2,1-3H3,(H2,26,27,28). The molecule has 0 atom stereocenters. The third-order valence-electron chi connectivity index (χ3n) is 5.59. The molecule has 0 bridgehead atoms. The highest BCUT2D eigenvalue weighted by Crippen LogP contribution is 2.19. The lowest BCUT2D eigenvalue weighted by molar-refractivity contribution is 0.0322. The maximum atomic E-state index is 6.08. The number of morpholine rings is 1. The zero-order chi connectivity index (χ0) is 22.6. The second kappa shape index (κ2) is 12.9. The molecule has 0 aromatic heterocycles. The largest absolute Gasteiger partial charge is 0.496 e. The van der Waals surface area contributed by atoms with Crippen molar-refractivity contribution in [1.82, 2.24) is 15.5 Å². The molecule has 2 aromatic rings. The van der Waals surface area contributed by atoms with E-state index in [2.05, 4.69) is 51.7 Å². The third-order valence-corrected chi connectivity index (χ3v) is 5.59. The van der Waals surface area contributed by atoms with Crippen molar-refractivity contribution in [2.24, 2.45) is 4.99 Å². The van der Waals surface area contributed by atoms with Crippen LogP contribution in [0.15, 0.2) is 47.5 Å². The fourth-order valence-electron chi connectivity index (χ4n) is 3.64. The summed E-state index contributed by atoms with van der Waals surface area (Å²) in [6, 6.07) is 14.5. The maximum absolute atomic E-state index is 6.08. The molecule has 1 saturated heterocycles. The molecule has 1 aliphatic rings. The first-order valence-corrected chi connectivity index (χ1v) is 11.3. The Kier molecular flexibility index (Phi) is 9.65. The van der Waals surface area contributed by atoms with Crippen LogP contribution in [-0.4, -0.2) is 71.0 Å². The number of hydrogen-bond donors (Lipinski definition) is 2. The molecule has 7 nitrogen and oxygen atoms in total. The molecule has 0 saturated carbocycles. The number of nitrogens with one attached hydrogen (secondary N) is 2. The van der Waals surface area contributed by atoms with Gasteiger partial charge in [0.05, 0.1) is 20.3 Å². The Morgan fingerprint density at radius 2 is 1.91 bits per heavy atom. The molecular weight excluding hydrogens is 404 g/mol. The van der Waals surface area contributed by atoms with Gasteiger partial charge in [-0.25, -0.2) is 0 Å². The van der Waals surface area contributed by atoms with Gasteiger partial charge in [0.2, 0.25) is 0 Å². The molecule has 0 spiro atoms. The summed E-state index contributed by atoms with van der Waals surface area (Å²) in [5.41, 5.74) is 3.49. The Morgan fingerprint density at radius 3 is 2.69 bits per heavy atom. The molecule has 1 fully saturated rings. The van der Waals surface area contributed by atoms with E-state index in [1.54, 1.807) is 14.2 Å². The van der Waals surface area contributed by atoms with Crippen molar-refractivity contribution >= 4 is 5.96 Å². The maximum Gasteiger partial charge on any atom is 0.191 e. The van der Waals surface area contributed by atoms with Crippen LogP contribution < -0.4 is 20.1 Å². The summed E-state index contributed by atoms with van der Waals surface area (Å²) >= 11 is 0. The molecule has 0 unspecified atom stereocenters. The van der Waals surface area contributed by atoms with Crippen LogP contribution in [0.25, 0.3) is 0 Å². The summed E-state index contributed by atoms with van der Waals surface area (Å²) in [4.78, 5) is 6.72. The topological polar surface area (TPSA) is 67.4 Å². The second-order valence-corrected chi connectivity index (χ2v) is 7.82. The van der Waals surface area contributed by atoms with Crippen LogP contribution >= 0.6 is 0 Å². The van der Waals surface area contributed by atoms with Gasteiger partial charge < -0.3 is 24.8 Å². The number of aryl methyl sites for hydroxylation is 1. The summed E-state index contributed by atoms with van der Waals surface area (Å²) in [7, 11) is 3.50. The average molecular weight is 441 g/mol. The van der Waals surface area contributed by atoms with Gasteiger partial charge in [-0.15, -0.1) is 0 Å². The van der Waals surface area contributed by atoms with E-state index in [0.717, 1.165) is 74.4 Å². The van der Waals surface area contributed by atoms with Crippen LogP contribution in [0.4, 0.5) is 0 Å². The summed E-state index contributed by atoms with van der Waals surface area (Å²) in [5, 5.41) is 6.78. The van der Waals surface area contributed by atoms with Gasteiger partial charge in [0, 0.05) is 45.3 Å². The van der Waals surface area contributed by atoms with Gasteiger partial charge in [0.15, 0.2) is 5.96 Å². The van der Waals surface area contributed by atoms with Gasteiger partial charge in [-0.05, 0) is 36.6 Å². The number of rotatable bonds is 10. The number of methoxy groups -OCH3 is 1. The van der Waals surface area contributed by atoms with E-state index in [0.29, 0.717) is 13.2 Å². The lowest BCUT2D eigenvalue weighted by atomic mass is 10.1. The minimum atomic E-state index is 0.645. The molecule has 0 amide bonds. The summed E-state index contributed by atoms with van der Waals surface area (Å²) in [6.07, 6.45) is 0.887.